The molecule has 0 spiro atoms. The number of rotatable bonds is 9. The molecule has 2 N–H and O–H groups in total. The fraction of sp³-hybridized carbons (Fsp3) is 0.375. The SMILES string of the molecule is O=C(NCCCNC(=O)[C@H]1CCCN1C(=O)CCc1ccccc1)c1ccccc1. The average molecular weight is 408 g/mol. The summed E-state index contributed by atoms with van der Waals surface area (Å²) in [7, 11) is 0. The number of benzene rings is 2. The number of aryl methyl sites for hydroxylation is 1. The number of hydrogen-bond acceptors (Lipinski definition) is 3. The fourth-order valence-electron chi connectivity index (χ4n) is 3.69. The van der Waals surface area contributed by atoms with Gasteiger partial charge in [-0.2, -0.15) is 0 Å². The third-order valence-corrected chi connectivity index (χ3v) is 5.32. The molecule has 0 bridgehead atoms. The first-order valence-corrected chi connectivity index (χ1v) is 10.6. The van der Waals surface area contributed by atoms with E-state index in [0.29, 0.717) is 50.9 Å². The van der Waals surface area contributed by atoms with Gasteiger partial charge < -0.3 is 15.5 Å². The Bertz CT molecular complexity index is 839. The Labute approximate surface area is 177 Å². The quantitative estimate of drug-likeness (QED) is 0.627. The van der Waals surface area contributed by atoms with Crippen molar-refractivity contribution in [1.29, 1.82) is 0 Å². The van der Waals surface area contributed by atoms with Crippen molar-refractivity contribution in [3.05, 3.63) is 71.8 Å². The first kappa shape index (κ1) is 21.6. The van der Waals surface area contributed by atoms with Crippen LogP contribution in [-0.2, 0) is 16.0 Å². The van der Waals surface area contributed by atoms with Crippen molar-refractivity contribution in [2.24, 2.45) is 0 Å². The third-order valence-electron chi connectivity index (χ3n) is 5.32. The molecule has 0 saturated carbocycles. The van der Waals surface area contributed by atoms with E-state index in [1.165, 1.54) is 0 Å². The van der Waals surface area contributed by atoms with Gasteiger partial charge in [-0.25, -0.2) is 0 Å². The molecular formula is C24H29N3O3. The molecule has 158 valence electrons. The zero-order valence-corrected chi connectivity index (χ0v) is 17.2. The van der Waals surface area contributed by atoms with Crippen LogP contribution >= 0.6 is 0 Å². The number of likely N-dealkylation sites (tertiary alicyclic amines) is 1. The highest BCUT2D eigenvalue weighted by molar-refractivity contribution is 5.94. The second kappa shape index (κ2) is 11.1. The molecule has 0 unspecified atom stereocenters. The Kier molecular flexibility index (Phi) is 8.01. The maximum Gasteiger partial charge on any atom is 0.251 e. The smallest absolute Gasteiger partial charge is 0.251 e. The minimum absolute atomic E-state index is 0.0339. The van der Waals surface area contributed by atoms with Crippen LogP contribution in [0.5, 0.6) is 0 Å². The summed E-state index contributed by atoms with van der Waals surface area (Å²) in [5.41, 5.74) is 1.75. The predicted molar refractivity (Wildman–Crippen MR) is 116 cm³/mol. The van der Waals surface area contributed by atoms with Crippen molar-refractivity contribution in [1.82, 2.24) is 15.5 Å². The van der Waals surface area contributed by atoms with Gasteiger partial charge in [0.2, 0.25) is 11.8 Å². The third kappa shape index (κ3) is 6.17. The predicted octanol–water partition coefficient (Wildman–Crippen LogP) is 2.55. The second-order valence-electron chi connectivity index (χ2n) is 7.50. The van der Waals surface area contributed by atoms with E-state index >= 15 is 0 Å². The molecule has 1 aliphatic rings. The molecule has 1 saturated heterocycles. The van der Waals surface area contributed by atoms with E-state index in [2.05, 4.69) is 10.6 Å². The highest BCUT2D eigenvalue weighted by Crippen LogP contribution is 2.19. The fourth-order valence-corrected chi connectivity index (χ4v) is 3.69. The highest BCUT2D eigenvalue weighted by atomic mass is 16.2. The topological polar surface area (TPSA) is 78.5 Å². The van der Waals surface area contributed by atoms with Gasteiger partial charge >= 0.3 is 0 Å². The van der Waals surface area contributed by atoms with E-state index in [0.717, 1.165) is 12.0 Å². The Hall–Kier alpha value is -3.15. The molecule has 1 atom stereocenters. The van der Waals surface area contributed by atoms with E-state index in [1.54, 1.807) is 17.0 Å². The van der Waals surface area contributed by atoms with E-state index in [1.807, 2.05) is 48.5 Å². The molecular weight excluding hydrogens is 378 g/mol. The minimum atomic E-state index is -0.382. The van der Waals surface area contributed by atoms with Crippen molar-refractivity contribution in [2.45, 2.75) is 38.1 Å². The number of carbonyl (C=O) groups excluding carboxylic acids is 3. The van der Waals surface area contributed by atoms with Gasteiger partial charge in [-0.1, -0.05) is 48.5 Å². The largest absolute Gasteiger partial charge is 0.354 e. The lowest BCUT2D eigenvalue weighted by Crippen LogP contribution is -2.46. The first-order chi connectivity index (χ1) is 14.6. The second-order valence-corrected chi connectivity index (χ2v) is 7.50. The Morgan fingerprint density at radius 1 is 0.900 bits per heavy atom. The number of carbonyl (C=O) groups is 3. The zero-order valence-electron chi connectivity index (χ0n) is 17.2. The monoisotopic (exact) mass is 407 g/mol. The Morgan fingerprint density at radius 2 is 1.57 bits per heavy atom. The van der Waals surface area contributed by atoms with Crippen LogP contribution < -0.4 is 10.6 Å². The molecule has 1 aliphatic heterocycles. The van der Waals surface area contributed by atoms with Gasteiger partial charge in [0.25, 0.3) is 5.91 Å². The van der Waals surface area contributed by atoms with Crippen molar-refractivity contribution < 1.29 is 14.4 Å². The molecule has 0 aliphatic carbocycles. The molecule has 6 heteroatoms. The molecule has 1 heterocycles. The molecule has 1 fully saturated rings. The summed E-state index contributed by atoms with van der Waals surface area (Å²) in [6.07, 6.45) is 3.29. The van der Waals surface area contributed by atoms with Gasteiger partial charge in [0, 0.05) is 31.6 Å². The van der Waals surface area contributed by atoms with Gasteiger partial charge in [0.05, 0.1) is 0 Å². The number of nitrogens with one attached hydrogen (secondary N) is 2. The lowest BCUT2D eigenvalue weighted by molar-refractivity contribution is -0.138. The lowest BCUT2D eigenvalue weighted by Gasteiger charge is -2.24. The van der Waals surface area contributed by atoms with Crippen LogP contribution in [0.2, 0.25) is 0 Å². The zero-order chi connectivity index (χ0) is 21.2. The normalized spacial score (nSPS) is 15.6. The lowest BCUT2D eigenvalue weighted by atomic mass is 10.1. The summed E-state index contributed by atoms with van der Waals surface area (Å²) in [5, 5.41) is 5.76. The molecule has 0 radical (unpaired) electrons. The molecule has 2 aromatic rings. The summed E-state index contributed by atoms with van der Waals surface area (Å²) >= 11 is 0. The van der Waals surface area contributed by atoms with Crippen LogP contribution in [0.3, 0.4) is 0 Å². The summed E-state index contributed by atoms with van der Waals surface area (Å²) in [5.74, 6) is -0.186. The number of hydrogen-bond donors (Lipinski definition) is 2. The van der Waals surface area contributed by atoms with E-state index < -0.39 is 0 Å². The maximum atomic E-state index is 12.6. The van der Waals surface area contributed by atoms with Gasteiger partial charge in [0.15, 0.2) is 0 Å². The van der Waals surface area contributed by atoms with Crippen LogP contribution in [0, 0.1) is 0 Å². The van der Waals surface area contributed by atoms with E-state index in [4.69, 9.17) is 0 Å². The number of nitrogens with zero attached hydrogens (tertiary/aromatic N) is 1. The number of amides is 3. The summed E-state index contributed by atoms with van der Waals surface area (Å²) in [6.45, 7) is 1.59. The van der Waals surface area contributed by atoms with Gasteiger partial charge in [-0.15, -0.1) is 0 Å². The standard InChI is InChI=1S/C24H29N3O3/c28-22(15-14-19-9-3-1-4-10-19)27-18-7-13-21(27)24(30)26-17-8-16-25-23(29)20-11-5-2-6-12-20/h1-6,9-12,21H,7-8,13-18H2,(H,25,29)(H,26,30)/t21-/m1/s1. The van der Waals surface area contributed by atoms with Gasteiger partial charge in [0.1, 0.15) is 6.04 Å². The highest BCUT2D eigenvalue weighted by Gasteiger charge is 2.33. The summed E-state index contributed by atoms with van der Waals surface area (Å²) in [6, 6.07) is 18.6. The summed E-state index contributed by atoms with van der Waals surface area (Å²) in [4.78, 5) is 38.9. The molecule has 0 aromatic heterocycles. The Morgan fingerprint density at radius 3 is 2.30 bits per heavy atom. The summed E-state index contributed by atoms with van der Waals surface area (Å²) < 4.78 is 0. The van der Waals surface area contributed by atoms with Crippen molar-refractivity contribution >= 4 is 17.7 Å². The van der Waals surface area contributed by atoms with E-state index in [9.17, 15) is 14.4 Å². The van der Waals surface area contributed by atoms with Gasteiger partial charge in [-0.05, 0) is 43.4 Å². The van der Waals surface area contributed by atoms with Crippen molar-refractivity contribution in [3.63, 3.8) is 0 Å². The first-order valence-electron chi connectivity index (χ1n) is 10.6. The molecule has 3 rings (SSSR count). The molecule has 2 aromatic carbocycles. The molecule has 6 nitrogen and oxygen atoms in total. The van der Waals surface area contributed by atoms with Crippen molar-refractivity contribution in [3.8, 4) is 0 Å². The Balaban J connectivity index is 1.36. The van der Waals surface area contributed by atoms with Crippen molar-refractivity contribution in [2.75, 3.05) is 19.6 Å². The van der Waals surface area contributed by atoms with Crippen LogP contribution in [0.25, 0.3) is 0 Å². The van der Waals surface area contributed by atoms with Crippen LogP contribution in [0.1, 0.15) is 41.6 Å². The van der Waals surface area contributed by atoms with Crippen LogP contribution in [0.15, 0.2) is 60.7 Å². The maximum absolute atomic E-state index is 12.6. The molecule has 30 heavy (non-hydrogen) atoms. The van der Waals surface area contributed by atoms with Crippen LogP contribution in [0.4, 0.5) is 0 Å². The minimum Gasteiger partial charge on any atom is -0.354 e. The van der Waals surface area contributed by atoms with E-state index in [-0.39, 0.29) is 23.8 Å². The van der Waals surface area contributed by atoms with Crippen LogP contribution in [-0.4, -0.2) is 48.3 Å². The van der Waals surface area contributed by atoms with Gasteiger partial charge in [-0.3, -0.25) is 14.4 Å². The molecule has 3 amide bonds. The average Bonchev–Trinajstić information content (AvgIpc) is 3.28.